The van der Waals surface area contributed by atoms with Crippen molar-refractivity contribution >= 4 is 47.0 Å². The Morgan fingerprint density at radius 3 is 1.06 bits per heavy atom. The Labute approximate surface area is 248 Å². The molecule has 0 N–H and O–H groups in total. The van der Waals surface area contributed by atoms with Gasteiger partial charge in [0.05, 0.1) is 0 Å². The molecular formula is C32H68S4. The number of rotatable bonds is 14. The zero-order valence-electron chi connectivity index (χ0n) is 27.4. The van der Waals surface area contributed by atoms with Crippen LogP contribution in [0.5, 0.6) is 0 Å². The van der Waals surface area contributed by atoms with Gasteiger partial charge in [0.2, 0.25) is 0 Å². The highest BCUT2D eigenvalue weighted by atomic mass is 32.2. The Hall–Kier alpha value is 0.880. The van der Waals surface area contributed by atoms with Gasteiger partial charge in [-0.05, 0) is 69.3 Å². The summed E-state index contributed by atoms with van der Waals surface area (Å²) in [7, 11) is 0. The highest BCUT2D eigenvalue weighted by Crippen LogP contribution is 2.14. The fraction of sp³-hybridized carbons (Fsp3) is 0.875. The molecule has 0 rings (SSSR count). The van der Waals surface area contributed by atoms with Gasteiger partial charge in [0.25, 0.3) is 0 Å². The summed E-state index contributed by atoms with van der Waals surface area (Å²) in [6, 6.07) is 0. The lowest BCUT2D eigenvalue weighted by Crippen LogP contribution is -1.96. The number of allylic oxidation sites excluding steroid dienone is 2. The molecule has 0 heterocycles. The van der Waals surface area contributed by atoms with E-state index < -0.39 is 0 Å². The van der Waals surface area contributed by atoms with Gasteiger partial charge in [-0.2, -0.15) is 23.5 Å². The second kappa shape index (κ2) is 32.1. The van der Waals surface area contributed by atoms with Crippen LogP contribution < -0.4 is 0 Å². The van der Waals surface area contributed by atoms with Crippen molar-refractivity contribution in [3.63, 3.8) is 0 Å². The fourth-order valence-corrected chi connectivity index (χ4v) is 5.39. The van der Waals surface area contributed by atoms with Crippen molar-refractivity contribution in [2.75, 3.05) is 17.3 Å². The van der Waals surface area contributed by atoms with Crippen LogP contribution in [0, 0.1) is 29.6 Å². The van der Waals surface area contributed by atoms with Gasteiger partial charge < -0.3 is 0 Å². The van der Waals surface area contributed by atoms with Crippen LogP contribution in [0.4, 0.5) is 0 Å². The maximum atomic E-state index is 2.28. The first-order valence-electron chi connectivity index (χ1n) is 14.3. The molecule has 0 nitrogen and oxygen atoms in total. The summed E-state index contributed by atoms with van der Waals surface area (Å²) in [5.74, 6) is 7.93. The zero-order chi connectivity index (χ0) is 29.1. The van der Waals surface area contributed by atoms with Crippen molar-refractivity contribution in [1.82, 2.24) is 0 Å². The summed E-state index contributed by atoms with van der Waals surface area (Å²) < 4.78 is 0. The maximum absolute atomic E-state index is 2.28. The quantitative estimate of drug-likeness (QED) is 0.200. The molecule has 0 aliphatic carbocycles. The van der Waals surface area contributed by atoms with Crippen LogP contribution >= 0.6 is 47.0 Å². The van der Waals surface area contributed by atoms with Crippen molar-refractivity contribution in [2.45, 2.75) is 133 Å². The summed E-state index contributed by atoms with van der Waals surface area (Å²) in [6.45, 7) is 35.7. The van der Waals surface area contributed by atoms with Crippen molar-refractivity contribution in [2.24, 2.45) is 29.6 Å². The molecule has 0 atom stereocenters. The Morgan fingerprint density at radius 1 is 0.472 bits per heavy atom. The molecule has 0 saturated heterocycles. The van der Waals surface area contributed by atoms with E-state index >= 15 is 0 Å². The summed E-state index contributed by atoms with van der Waals surface area (Å²) in [5.41, 5.74) is 0. The van der Waals surface area contributed by atoms with Gasteiger partial charge in [0.1, 0.15) is 0 Å². The van der Waals surface area contributed by atoms with E-state index in [1.165, 1.54) is 23.7 Å². The first kappa shape index (κ1) is 43.9. The zero-order valence-corrected chi connectivity index (χ0v) is 30.7. The Morgan fingerprint density at radius 2 is 0.833 bits per heavy atom. The molecule has 36 heavy (non-hydrogen) atoms. The minimum absolute atomic E-state index is 0.691. The largest absolute Gasteiger partial charge is 0.161 e. The first-order chi connectivity index (χ1) is 16.5. The van der Waals surface area contributed by atoms with E-state index in [0.29, 0.717) is 11.8 Å². The van der Waals surface area contributed by atoms with E-state index in [9.17, 15) is 0 Å². The van der Waals surface area contributed by atoms with E-state index in [2.05, 4.69) is 157 Å². The molecule has 0 fully saturated rings. The third-order valence-corrected chi connectivity index (χ3v) is 8.34. The average molecular weight is 581 g/mol. The molecule has 0 amide bonds. The van der Waals surface area contributed by atoms with E-state index in [-0.39, 0.29) is 0 Å². The predicted molar refractivity (Wildman–Crippen MR) is 187 cm³/mol. The Kier molecular flexibility index (Phi) is 39.2. The SMILES string of the molecule is CC(C)/C=C\SC(C)C.CC(C)/C=C\SC(C)C.CC(C)CCSC(C)C.CC(C)CSCC(C)C. The molecular weight excluding hydrogens is 513 g/mol. The Bertz CT molecular complexity index is 389. The van der Waals surface area contributed by atoms with E-state index in [1.54, 1.807) is 0 Å². The minimum atomic E-state index is 0.691. The molecule has 220 valence electrons. The molecule has 0 bridgehead atoms. The number of hydrogen-bond donors (Lipinski definition) is 0. The molecule has 0 aromatic heterocycles. The van der Waals surface area contributed by atoms with Gasteiger partial charge in [-0.1, -0.05) is 123 Å². The van der Waals surface area contributed by atoms with Gasteiger partial charge in [-0.25, -0.2) is 0 Å². The molecule has 4 heteroatoms. The van der Waals surface area contributed by atoms with Crippen LogP contribution in [0.15, 0.2) is 23.0 Å². The highest BCUT2D eigenvalue weighted by Gasteiger charge is 1.97. The van der Waals surface area contributed by atoms with Gasteiger partial charge in [-0.15, -0.1) is 23.5 Å². The summed E-state index contributed by atoms with van der Waals surface area (Å²) in [6.07, 6.45) is 5.82. The van der Waals surface area contributed by atoms with Crippen LogP contribution in [0.25, 0.3) is 0 Å². The summed E-state index contributed by atoms with van der Waals surface area (Å²) in [5, 5.41) is 6.63. The molecule has 0 unspecified atom stereocenters. The maximum Gasteiger partial charge on any atom is 0.00316 e. The third kappa shape index (κ3) is 64.7. The predicted octanol–water partition coefficient (Wildman–Crippen LogP) is 12.8. The van der Waals surface area contributed by atoms with Crippen molar-refractivity contribution < 1.29 is 0 Å². The minimum Gasteiger partial charge on any atom is -0.161 e. The summed E-state index contributed by atoms with van der Waals surface area (Å²) in [4.78, 5) is 0. The second-order valence-electron chi connectivity index (χ2n) is 11.9. The standard InChI is InChI=1S/2C8H18S.2C8H16S/c1-7(2)5-9-6-8(3)4;3*1-7(2)5-6-9-8(3)4/h2*7-8H,5-6H2,1-4H3;2*5-8H,1-4H3/b;;2*6-5-. The topological polar surface area (TPSA) is 0 Å². The molecule has 0 aromatic rings. The van der Waals surface area contributed by atoms with Gasteiger partial charge in [0.15, 0.2) is 0 Å². The van der Waals surface area contributed by atoms with Crippen LogP contribution in [-0.2, 0) is 0 Å². The fourth-order valence-electron chi connectivity index (χ4n) is 1.80. The van der Waals surface area contributed by atoms with Gasteiger partial charge in [0, 0.05) is 10.5 Å². The van der Waals surface area contributed by atoms with Crippen molar-refractivity contribution in [3.05, 3.63) is 23.0 Å². The van der Waals surface area contributed by atoms with E-state index in [4.69, 9.17) is 0 Å². The molecule has 0 aliphatic heterocycles. The molecule has 0 spiro atoms. The van der Waals surface area contributed by atoms with Gasteiger partial charge >= 0.3 is 0 Å². The van der Waals surface area contributed by atoms with E-state index in [1.807, 2.05) is 23.5 Å². The lowest BCUT2D eigenvalue weighted by atomic mass is 10.2. The average Bonchev–Trinajstić information content (AvgIpc) is 2.67. The van der Waals surface area contributed by atoms with Crippen molar-refractivity contribution in [1.29, 1.82) is 0 Å². The lowest BCUT2D eigenvalue weighted by Gasteiger charge is -2.05. The third-order valence-electron chi connectivity index (χ3n) is 3.68. The van der Waals surface area contributed by atoms with Crippen LogP contribution in [0.1, 0.15) is 117 Å². The normalized spacial score (nSPS) is 11.8. The molecule has 0 radical (unpaired) electrons. The Balaban J connectivity index is -0.000000190. The first-order valence-corrected chi connectivity index (χ1v) is 18.4. The number of thioether (sulfide) groups is 4. The van der Waals surface area contributed by atoms with Crippen LogP contribution in [0.2, 0.25) is 0 Å². The van der Waals surface area contributed by atoms with Crippen LogP contribution in [-0.4, -0.2) is 33.0 Å². The molecule has 0 aromatic carbocycles. The second-order valence-corrected chi connectivity index (χ2v) is 17.7. The van der Waals surface area contributed by atoms with Crippen LogP contribution in [0.3, 0.4) is 0 Å². The van der Waals surface area contributed by atoms with Crippen molar-refractivity contribution in [3.8, 4) is 0 Å². The van der Waals surface area contributed by atoms with E-state index in [0.717, 1.165) is 33.5 Å². The lowest BCUT2D eigenvalue weighted by molar-refractivity contribution is 0.631. The highest BCUT2D eigenvalue weighted by molar-refractivity contribution is 8.02. The molecule has 0 saturated carbocycles. The molecule has 0 aliphatic rings. The number of hydrogen-bond acceptors (Lipinski definition) is 4. The van der Waals surface area contributed by atoms with Gasteiger partial charge in [-0.3, -0.25) is 0 Å². The smallest absolute Gasteiger partial charge is 0.00316 e. The summed E-state index contributed by atoms with van der Waals surface area (Å²) >= 11 is 7.89. The monoisotopic (exact) mass is 580 g/mol.